The first kappa shape index (κ1) is 17.2. The number of hydrogen-bond donors (Lipinski definition) is 2. The van der Waals surface area contributed by atoms with E-state index in [0.29, 0.717) is 17.6 Å². The van der Waals surface area contributed by atoms with E-state index in [1.165, 1.54) is 6.07 Å². The summed E-state index contributed by atoms with van der Waals surface area (Å²) in [6.07, 6.45) is 1.72. The molecule has 132 valence electrons. The van der Waals surface area contributed by atoms with Crippen LogP contribution in [0.2, 0.25) is 0 Å². The molecule has 3 amide bonds. The Kier molecular flexibility index (Phi) is 4.63. The van der Waals surface area contributed by atoms with Gasteiger partial charge in [-0.3, -0.25) is 14.4 Å². The van der Waals surface area contributed by atoms with Gasteiger partial charge < -0.3 is 5.32 Å². The number of sulfonamides is 1. The van der Waals surface area contributed by atoms with Gasteiger partial charge in [-0.25, -0.2) is 13.2 Å². The molecule has 0 fully saturated rings. The summed E-state index contributed by atoms with van der Waals surface area (Å²) in [7, 11) is -3.81. The van der Waals surface area contributed by atoms with Crippen molar-refractivity contribution in [1.82, 2.24) is 10.6 Å². The van der Waals surface area contributed by atoms with Crippen molar-refractivity contribution in [3.63, 3.8) is 0 Å². The third-order valence-corrected chi connectivity index (χ3v) is 5.84. The number of rotatable bonds is 5. The van der Waals surface area contributed by atoms with Crippen molar-refractivity contribution in [3.05, 3.63) is 36.4 Å². The summed E-state index contributed by atoms with van der Waals surface area (Å²) < 4.78 is 26.5. The average Bonchev–Trinajstić information content (AvgIpc) is 2.79. The van der Waals surface area contributed by atoms with Gasteiger partial charge in [-0.1, -0.05) is 37.6 Å². The van der Waals surface area contributed by atoms with Crippen LogP contribution in [0.3, 0.4) is 0 Å². The zero-order chi connectivity index (χ0) is 18.0. The number of imide groups is 1. The predicted molar refractivity (Wildman–Crippen MR) is 94.9 cm³/mol. The van der Waals surface area contributed by atoms with Crippen LogP contribution in [-0.2, 0) is 14.8 Å². The van der Waals surface area contributed by atoms with Gasteiger partial charge in [-0.2, -0.15) is 0 Å². The first-order valence-corrected chi connectivity index (χ1v) is 9.51. The van der Waals surface area contributed by atoms with Gasteiger partial charge in [0.05, 0.1) is 10.6 Å². The number of nitrogens with one attached hydrogen (secondary N) is 2. The maximum absolute atomic E-state index is 12.7. The molecule has 7 nitrogen and oxygen atoms in total. The molecule has 1 heterocycles. The smallest absolute Gasteiger partial charge is 0.321 e. The lowest BCUT2D eigenvalue weighted by atomic mass is 10.1. The number of anilines is 1. The number of carbonyl (C=O) groups is 2. The van der Waals surface area contributed by atoms with E-state index in [9.17, 15) is 18.0 Å². The monoisotopic (exact) mass is 361 g/mol. The average molecular weight is 361 g/mol. The van der Waals surface area contributed by atoms with Crippen molar-refractivity contribution in [2.75, 3.05) is 17.4 Å². The number of unbranched alkanes of at least 4 members (excludes halogenated alkanes) is 1. The van der Waals surface area contributed by atoms with Crippen molar-refractivity contribution in [2.24, 2.45) is 0 Å². The molecule has 2 aromatic carbocycles. The molecule has 0 bridgehead atoms. The first-order valence-electron chi connectivity index (χ1n) is 8.07. The van der Waals surface area contributed by atoms with Crippen molar-refractivity contribution in [2.45, 2.75) is 24.7 Å². The Morgan fingerprint density at radius 3 is 2.56 bits per heavy atom. The number of amides is 3. The van der Waals surface area contributed by atoms with Gasteiger partial charge in [0.2, 0.25) is 5.91 Å². The summed E-state index contributed by atoms with van der Waals surface area (Å²) in [5.74, 6) is -0.678. The molecule has 0 atom stereocenters. The first-order chi connectivity index (χ1) is 11.9. The van der Waals surface area contributed by atoms with E-state index in [4.69, 9.17) is 0 Å². The van der Waals surface area contributed by atoms with Crippen LogP contribution in [0.25, 0.3) is 10.8 Å². The minimum absolute atomic E-state index is 0.181. The number of benzene rings is 2. The van der Waals surface area contributed by atoms with E-state index in [1.807, 2.05) is 19.1 Å². The van der Waals surface area contributed by atoms with Crippen molar-refractivity contribution < 1.29 is 18.0 Å². The van der Waals surface area contributed by atoms with Crippen LogP contribution in [0.1, 0.15) is 19.8 Å². The zero-order valence-corrected chi connectivity index (χ0v) is 14.6. The van der Waals surface area contributed by atoms with E-state index in [0.717, 1.165) is 22.5 Å². The van der Waals surface area contributed by atoms with E-state index in [2.05, 4.69) is 10.6 Å². The second kappa shape index (κ2) is 6.72. The Hall–Kier alpha value is -2.61. The summed E-state index contributed by atoms with van der Waals surface area (Å²) >= 11 is 0. The Balaban J connectivity index is 1.79. The predicted octanol–water partition coefficient (Wildman–Crippen LogP) is 1.97. The van der Waals surface area contributed by atoms with Crippen LogP contribution in [0.15, 0.2) is 41.3 Å². The Morgan fingerprint density at radius 2 is 1.84 bits per heavy atom. The van der Waals surface area contributed by atoms with Crippen LogP contribution in [-0.4, -0.2) is 33.4 Å². The fraction of sp³-hybridized carbons (Fsp3) is 0.294. The lowest BCUT2D eigenvalue weighted by Gasteiger charge is -2.18. The van der Waals surface area contributed by atoms with Crippen LogP contribution < -0.4 is 14.9 Å². The molecule has 0 radical (unpaired) electrons. The van der Waals surface area contributed by atoms with Gasteiger partial charge >= 0.3 is 6.03 Å². The summed E-state index contributed by atoms with van der Waals surface area (Å²) in [6.45, 7) is 2.00. The molecule has 0 aromatic heterocycles. The highest BCUT2D eigenvalue weighted by molar-refractivity contribution is 7.93. The van der Waals surface area contributed by atoms with Crippen LogP contribution in [0.5, 0.6) is 0 Å². The third-order valence-electron chi connectivity index (χ3n) is 4.04. The van der Waals surface area contributed by atoms with Crippen LogP contribution >= 0.6 is 0 Å². The summed E-state index contributed by atoms with van der Waals surface area (Å²) in [5.41, 5.74) is 0.453. The van der Waals surface area contributed by atoms with Gasteiger partial charge in [0, 0.05) is 11.9 Å². The normalized spacial score (nSPS) is 14.5. The van der Waals surface area contributed by atoms with Gasteiger partial charge in [-0.15, -0.1) is 0 Å². The Labute approximate surface area is 146 Å². The van der Waals surface area contributed by atoms with Crippen LogP contribution in [0, 0.1) is 0 Å². The van der Waals surface area contributed by atoms with E-state index >= 15 is 0 Å². The molecule has 3 rings (SSSR count). The topological polar surface area (TPSA) is 95.6 Å². The fourth-order valence-corrected chi connectivity index (χ4v) is 4.51. The van der Waals surface area contributed by atoms with E-state index < -0.39 is 28.5 Å². The molecule has 1 aliphatic heterocycles. The largest absolute Gasteiger partial charge is 0.338 e. The quantitative estimate of drug-likeness (QED) is 0.796. The molecule has 0 saturated carbocycles. The molecular formula is C17H19N3O4S. The zero-order valence-electron chi connectivity index (χ0n) is 13.8. The third kappa shape index (κ3) is 3.17. The molecule has 2 N–H and O–H groups in total. The number of urea groups is 1. The maximum Gasteiger partial charge on any atom is 0.321 e. The molecule has 1 aliphatic rings. The van der Waals surface area contributed by atoms with Crippen LogP contribution in [0.4, 0.5) is 10.5 Å². The molecule has 25 heavy (non-hydrogen) atoms. The highest BCUT2D eigenvalue weighted by atomic mass is 32.2. The second-order valence-electron chi connectivity index (χ2n) is 5.80. The van der Waals surface area contributed by atoms with Crippen molar-refractivity contribution in [3.8, 4) is 0 Å². The number of hydrogen-bond acceptors (Lipinski definition) is 4. The van der Waals surface area contributed by atoms with Gasteiger partial charge in [0.1, 0.15) is 6.54 Å². The van der Waals surface area contributed by atoms with Crippen molar-refractivity contribution >= 4 is 38.4 Å². The van der Waals surface area contributed by atoms with E-state index in [-0.39, 0.29) is 4.90 Å². The van der Waals surface area contributed by atoms with Gasteiger partial charge in [0.25, 0.3) is 10.0 Å². The molecule has 0 aliphatic carbocycles. The molecule has 8 heteroatoms. The van der Waals surface area contributed by atoms with E-state index in [1.54, 1.807) is 18.2 Å². The lowest BCUT2D eigenvalue weighted by Crippen LogP contribution is -2.45. The van der Waals surface area contributed by atoms with Gasteiger partial charge in [-0.05, 0) is 23.9 Å². The maximum atomic E-state index is 12.7. The molecule has 0 unspecified atom stereocenters. The van der Waals surface area contributed by atoms with Gasteiger partial charge in [0.15, 0.2) is 0 Å². The SMILES string of the molecule is CCCCNC(=O)NC(=O)CN1c2cccc3cccc(c23)S1(=O)=O. The summed E-state index contributed by atoms with van der Waals surface area (Å²) in [5, 5.41) is 6.12. The fourth-order valence-electron chi connectivity index (χ4n) is 2.85. The molecule has 2 aromatic rings. The molecular weight excluding hydrogens is 342 g/mol. The Morgan fingerprint density at radius 1 is 1.12 bits per heavy atom. The highest BCUT2D eigenvalue weighted by Gasteiger charge is 2.36. The molecule has 0 saturated heterocycles. The highest BCUT2D eigenvalue weighted by Crippen LogP contribution is 2.41. The lowest BCUT2D eigenvalue weighted by molar-refractivity contribution is -0.118. The molecule has 0 spiro atoms. The Bertz CT molecular complexity index is 935. The second-order valence-corrected chi connectivity index (χ2v) is 7.63. The summed E-state index contributed by atoms with van der Waals surface area (Å²) in [6, 6.07) is 9.62. The minimum atomic E-state index is -3.81. The van der Waals surface area contributed by atoms with Crippen molar-refractivity contribution in [1.29, 1.82) is 0 Å². The number of nitrogens with zero attached hydrogens (tertiary/aromatic N) is 1. The number of carbonyl (C=O) groups excluding carboxylic acids is 2. The standard InChI is InChI=1S/C17H19N3O4S/c1-2-3-10-18-17(22)19-15(21)11-20-13-8-4-6-12-7-5-9-14(16(12)13)25(20,23)24/h4-9H,2-3,10-11H2,1H3,(H2,18,19,21,22). The minimum Gasteiger partial charge on any atom is -0.338 e. The summed E-state index contributed by atoms with van der Waals surface area (Å²) in [4.78, 5) is 24.0.